The Bertz CT molecular complexity index is 344. The summed E-state index contributed by atoms with van der Waals surface area (Å²) < 4.78 is 6.00. The summed E-state index contributed by atoms with van der Waals surface area (Å²) in [6.07, 6.45) is 2.55. The number of rotatable bonds is 3. The maximum absolute atomic E-state index is 5.85. The number of ether oxygens (including phenoxy) is 1. The Kier molecular flexibility index (Phi) is 3.77. The van der Waals surface area contributed by atoms with Gasteiger partial charge in [-0.1, -0.05) is 11.6 Å². The first kappa shape index (κ1) is 11.1. The second-order valence-corrected chi connectivity index (χ2v) is 4.59. The number of hydrogen-bond acceptors (Lipinski definition) is 4. The molecule has 1 aliphatic rings. The first-order chi connectivity index (χ1) is 7.27. The van der Waals surface area contributed by atoms with Crippen LogP contribution in [0.25, 0.3) is 0 Å². The van der Waals surface area contributed by atoms with Crippen LogP contribution in [0.4, 0.5) is 5.82 Å². The lowest BCUT2D eigenvalue weighted by Crippen LogP contribution is -2.15. The predicted octanol–water partition coefficient (Wildman–Crippen LogP) is 2.34. The van der Waals surface area contributed by atoms with Gasteiger partial charge < -0.3 is 10.1 Å². The number of halogens is 2. The van der Waals surface area contributed by atoms with Crippen LogP contribution in [0.15, 0.2) is 10.8 Å². The highest BCUT2D eigenvalue weighted by Gasteiger charge is 2.16. The van der Waals surface area contributed by atoms with Crippen LogP contribution in [0, 0.1) is 5.92 Å². The Labute approximate surface area is 102 Å². The summed E-state index contributed by atoms with van der Waals surface area (Å²) in [5, 5.41) is 3.66. The molecule has 0 amide bonds. The molecule has 2 heterocycles. The lowest BCUT2D eigenvalue weighted by atomic mass is 10.1. The summed E-state index contributed by atoms with van der Waals surface area (Å²) in [6.45, 7) is 2.54. The van der Waals surface area contributed by atoms with Gasteiger partial charge in [-0.05, 0) is 22.4 Å². The Balaban J connectivity index is 1.95. The average Bonchev–Trinajstić information content (AvgIpc) is 2.73. The highest BCUT2D eigenvalue weighted by molar-refractivity contribution is 9.10. The minimum absolute atomic E-state index is 0.426. The van der Waals surface area contributed by atoms with Gasteiger partial charge in [-0.15, -0.1) is 0 Å². The zero-order valence-electron chi connectivity index (χ0n) is 8.04. The molecule has 0 aromatic carbocycles. The Morgan fingerprint density at radius 3 is 3.20 bits per heavy atom. The molecule has 15 heavy (non-hydrogen) atoms. The van der Waals surface area contributed by atoms with Crippen molar-refractivity contribution in [3.05, 3.63) is 16.0 Å². The van der Waals surface area contributed by atoms with Crippen LogP contribution in [0.2, 0.25) is 5.15 Å². The summed E-state index contributed by atoms with van der Waals surface area (Å²) in [5.74, 6) is 1.30. The first-order valence-electron chi connectivity index (χ1n) is 4.75. The van der Waals surface area contributed by atoms with Crippen LogP contribution in [0.1, 0.15) is 6.42 Å². The molecule has 4 nitrogen and oxygen atoms in total. The average molecular weight is 293 g/mol. The van der Waals surface area contributed by atoms with Gasteiger partial charge in [0.2, 0.25) is 0 Å². The molecule has 1 saturated heterocycles. The van der Waals surface area contributed by atoms with Gasteiger partial charge in [0.1, 0.15) is 17.3 Å². The number of nitrogens with zero attached hydrogens (tertiary/aromatic N) is 2. The van der Waals surface area contributed by atoms with E-state index in [1.54, 1.807) is 0 Å². The first-order valence-corrected chi connectivity index (χ1v) is 5.92. The highest BCUT2D eigenvalue weighted by atomic mass is 79.9. The van der Waals surface area contributed by atoms with Crippen LogP contribution in [0.3, 0.4) is 0 Å². The molecule has 1 atom stereocenters. The number of hydrogen-bond donors (Lipinski definition) is 1. The van der Waals surface area contributed by atoms with E-state index in [-0.39, 0.29) is 0 Å². The third-order valence-corrected chi connectivity index (χ3v) is 3.60. The van der Waals surface area contributed by atoms with E-state index in [1.165, 1.54) is 6.33 Å². The predicted molar refractivity (Wildman–Crippen MR) is 62.2 cm³/mol. The Morgan fingerprint density at radius 1 is 1.60 bits per heavy atom. The molecule has 0 radical (unpaired) electrons. The van der Waals surface area contributed by atoms with Crippen molar-refractivity contribution in [2.24, 2.45) is 5.92 Å². The van der Waals surface area contributed by atoms with E-state index >= 15 is 0 Å². The maximum atomic E-state index is 5.85. The summed E-state index contributed by atoms with van der Waals surface area (Å²) >= 11 is 9.19. The molecule has 6 heteroatoms. The number of aromatic nitrogens is 2. The summed E-state index contributed by atoms with van der Waals surface area (Å²) in [6, 6.07) is 0. The number of anilines is 1. The Morgan fingerprint density at radius 2 is 2.47 bits per heavy atom. The van der Waals surface area contributed by atoms with Gasteiger partial charge in [-0.25, -0.2) is 9.97 Å². The fourth-order valence-corrected chi connectivity index (χ4v) is 1.93. The molecule has 1 unspecified atom stereocenters. The second-order valence-electron chi connectivity index (χ2n) is 3.44. The molecule has 1 aromatic rings. The molecule has 1 aromatic heterocycles. The van der Waals surface area contributed by atoms with E-state index in [2.05, 4.69) is 31.2 Å². The lowest BCUT2D eigenvalue weighted by Gasteiger charge is -2.11. The van der Waals surface area contributed by atoms with Gasteiger partial charge in [0.05, 0.1) is 11.1 Å². The van der Waals surface area contributed by atoms with Crippen molar-refractivity contribution >= 4 is 33.3 Å². The van der Waals surface area contributed by atoms with Gasteiger partial charge in [0.25, 0.3) is 0 Å². The van der Waals surface area contributed by atoms with Crippen LogP contribution in [-0.2, 0) is 4.74 Å². The maximum Gasteiger partial charge on any atom is 0.148 e. The Hall–Kier alpha value is -0.390. The summed E-state index contributed by atoms with van der Waals surface area (Å²) in [7, 11) is 0. The van der Waals surface area contributed by atoms with Gasteiger partial charge in [0, 0.05) is 19.1 Å². The van der Waals surface area contributed by atoms with Gasteiger partial charge in [-0.2, -0.15) is 0 Å². The minimum atomic E-state index is 0.426. The van der Waals surface area contributed by atoms with Gasteiger partial charge in [-0.3, -0.25) is 0 Å². The highest BCUT2D eigenvalue weighted by Crippen LogP contribution is 2.26. The van der Waals surface area contributed by atoms with E-state index in [0.29, 0.717) is 15.5 Å². The van der Waals surface area contributed by atoms with Crippen LogP contribution in [0.5, 0.6) is 0 Å². The molecule has 1 aliphatic heterocycles. The van der Waals surface area contributed by atoms with Crippen molar-refractivity contribution in [2.75, 3.05) is 25.1 Å². The third-order valence-electron chi connectivity index (χ3n) is 2.33. The van der Waals surface area contributed by atoms with Crippen molar-refractivity contribution in [1.29, 1.82) is 0 Å². The van der Waals surface area contributed by atoms with Crippen LogP contribution >= 0.6 is 27.5 Å². The molecule has 1 fully saturated rings. The molecule has 0 bridgehead atoms. The molecule has 0 saturated carbocycles. The van der Waals surface area contributed by atoms with Crippen molar-refractivity contribution in [2.45, 2.75) is 6.42 Å². The topological polar surface area (TPSA) is 47.0 Å². The zero-order valence-corrected chi connectivity index (χ0v) is 10.4. The van der Waals surface area contributed by atoms with Crippen LogP contribution in [-0.4, -0.2) is 29.7 Å². The van der Waals surface area contributed by atoms with E-state index < -0.39 is 0 Å². The largest absolute Gasteiger partial charge is 0.381 e. The quantitative estimate of drug-likeness (QED) is 0.869. The minimum Gasteiger partial charge on any atom is -0.381 e. The molecule has 82 valence electrons. The molecule has 0 aliphatic carbocycles. The fraction of sp³-hybridized carbons (Fsp3) is 0.556. The van der Waals surface area contributed by atoms with E-state index in [1.807, 2.05) is 0 Å². The monoisotopic (exact) mass is 291 g/mol. The molecule has 2 rings (SSSR count). The lowest BCUT2D eigenvalue weighted by molar-refractivity contribution is 0.187. The van der Waals surface area contributed by atoms with Gasteiger partial charge in [0.15, 0.2) is 0 Å². The molecular formula is C9H11BrClN3O. The summed E-state index contributed by atoms with van der Waals surface area (Å²) in [4.78, 5) is 7.97. The van der Waals surface area contributed by atoms with E-state index in [0.717, 1.165) is 32.0 Å². The van der Waals surface area contributed by atoms with Crippen LogP contribution < -0.4 is 5.32 Å². The standard InChI is InChI=1S/C9H11BrClN3O/c10-7-8(11)13-5-14-9(7)12-3-6-1-2-15-4-6/h5-6H,1-4H2,(H,12,13,14). The zero-order chi connectivity index (χ0) is 10.7. The molecular weight excluding hydrogens is 281 g/mol. The van der Waals surface area contributed by atoms with Gasteiger partial charge >= 0.3 is 0 Å². The van der Waals surface area contributed by atoms with Crippen molar-refractivity contribution in [1.82, 2.24) is 9.97 Å². The van der Waals surface area contributed by atoms with Crippen molar-refractivity contribution in [3.8, 4) is 0 Å². The summed E-state index contributed by atoms with van der Waals surface area (Å²) in [5.41, 5.74) is 0. The fourth-order valence-electron chi connectivity index (χ4n) is 1.46. The molecule has 1 N–H and O–H groups in total. The van der Waals surface area contributed by atoms with Crippen molar-refractivity contribution < 1.29 is 4.74 Å². The third kappa shape index (κ3) is 2.80. The second kappa shape index (κ2) is 5.09. The smallest absolute Gasteiger partial charge is 0.148 e. The SMILES string of the molecule is Clc1ncnc(NCC2CCOC2)c1Br. The normalized spacial score (nSPS) is 20.5. The van der Waals surface area contributed by atoms with Crippen molar-refractivity contribution in [3.63, 3.8) is 0 Å². The van der Waals surface area contributed by atoms with E-state index in [4.69, 9.17) is 16.3 Å². The number of nitrogens with one attached hydrogen (secondary N) is 1. The van der Waals surface area contributed by atoms with E-state index in [9.17, 15) is 0 Å². The molecule has 0 spiro atoms.